The standard InChI is InChI=1S/C23H31N3O2/c1-16(2)15-25-22(27)20-14-8-7-13-19(20)21(24-25)23(28)26(17-9-3-4-10-17)18-11-5-6-12-18/h7-8,13-14,16-18H,3-6,9-12,15H2,1-2H3. The molecule has 0 spiro atoms. The average molecular weight is 382 g/mol. The van der Waals surface area contributed by atoms with Crippen LogP contribution in [0.4, 0.5) is 0 Å². The van der Waals surface area contributed by atoms with Gasteiger partial charge in [0.25, 0.3) is 11.5 Å². The summed E-state index contributed by atoms with van der Waals surface area (Å²) in [5, 5.41) is 5.91. The molecule has 2 saturated carbocycles. The predicted octanol–water partition coefficient (Wildman–Crippen LogP) is 4.38. The lowest BCUT2D eigenvalue weighted by atomic mass is 10.1. The number of hydrogen-bond acceptors (Lipinski definition) is 3. The number of nitrogens with zero attached hydrogens (tertiary/aromatic N) is 3. The van der Waals surface area contributed by atoms with Gasteiger partial charge in [-0.15, -0.1) is 0 Å². The van der Waals surface area contributed by atoms with E-state index in [4.69, 9.17) is 0 Å². The van der Waals surface area contributed by atoms with E-state index in [1.165, 1.54) is 30.4 Å². The van der Waals surface area contributed by atoms with Crippen LogP contribution < -0.4 is 5.56 Å². The SMILES string of the molecule is CC(C)Cn1nc(C(=O)N(C2CCCC2)C2CCCC2)c2ccccc2c1=O. The first-order valence-electron chi connectivity index (χ1n) is 10.9. The van der Waals surface area contributed by atoms with E-state index in [2.05, 4.69) is 23.8 Å². The molecule has 2 aromatic rings. The number of aromatic nitrogens is 2. The summed E-state index contributed by atoms with van der Waals surface area (Å²) in [4.78, 5) is 28.9. The molecule has 2 aliphatic rings. The Morgan fingerprint density at radius 1 is 1.04 bits per heavy atom. The van der Waals surface area contributed by atoms with Crippen LogP contribution in [-0.2, 0) is 6.54 Å². The van der Waals surface area contributed by atoms with Crippen LogP contribution in [0.25, 0.3) is 10.8 Å². The molecule has 1 aromatic heterocycles. The van der Waals surface area contributed by atoms with Gasteiger partial charge in [0.1, 0.15) is 0 Å². The normalized spacial score (nSPS) is 18.4. The molecule has 2 aliphatic carbocycles. The number of amides is 1. The lowest BCUT2D eigenvalue weighted by molar-refractivity contribution is 0.0573. The Balaban J connectivity index is 1.82. The second-order valence-electron chi connectivity index (χ2n) is 8.86. The van der Waals surface area contributed by atoms with Gasteiger partial charge in [-0.25, -0.2) is 4.68 Å². The number of benzene rings is 1. The number of carbonyl (C=O) groups is 1. The highest BCUT2D eigenvalue weighted by molar-refractivity contribution is 6.05. The van der Waals surface area contributed by atoms with E-state index in [0.717, 1.165) is 25.7 Å². The lowest BCUT2D eigenvalue weighted by Crippen LogP contribution is -2.46. The molecule has 28 heavy (non-hydrogen) atoms. The molecule has 0 aliphatic heterocycles. The Morgan fingerprint density at radius 3 is 2.11 bits per heavy atom. The Bertz CT molecular complexity index is 890. The van der Waals surface area contributed by atoms with Gasteiger partial charge in [-0.3, -0.25) is 9.59 Å². The molecule has 1 heterocycles. The second-order valence-corrected chi connectivity index (χ2v) is 8.86. The Kier molecular flexibility index (Phi) is 5.51. The average Bonchev–Trinajstić information content (AvgIpc) is 3.39. The third-order valence-corrected chi connectivity index (χ3v) is 6.28. The molecule has 0 atom stereocenters. The largest absolute Gasteiger partial charge is 0.331 e. The minimum Gasteiger partial charge on any atom is -0.331 e. The maximum Gasteiger partial charge on any atom is 0.275 e. The highest BCUT2D eigenvalue weighted by atomic mass is 16.2. The van der Waals surface area contributed by atoms with Crippen molar-refractivity contribution in [1.29, 1.82) is 0 Å². The summed E-state index contributed by atoms with van der Waals surface area (Å²) in [6, 6.07) is 8.09. The first-order chi connectivity index (χ1) is 13.6. The van der Waals surface area contributed by atoms with Gasteiger partial charge in [-0.1, -0.05) is 57.7 Å². The molecule has 5 heteroatoms. The molecular formula is C23H31N3O2. The predicted molar refractivity (Wildman–Crippen MR) is 112 cm³/mol. The van der Waals surface area contributed by atoms with Crippen LogP contribution in [0.3, 0.4) is 0 Å². The van der Waals surface area contributed by atoms with Gasteiger partial charge < -0.3 is 4.90 Å². The monoisotopic (exact) mass is 381 g/mol. The van der Waals surface area contributed by atoms with Crippen molar-refractivity contribution < 1.29 is 4.79 Å². The summed E-state index contributed by atoms with van der Waals surface area (Å²) in [6.07, 6.45) is 9.14. The molecule has 1 aromatic carbocycles. The van der Waals surface area contributed by atoms with Crippen molar-refractivity contribution in [2.24, 2.45) is 5.92 Å². The smallest absolute Gasteiger partial charge is 0.275 e. The van der Waals surface area contributed by atoms with Crippen molar-refractivity contribution in [3.8, 4) is 0 Å². The van der Waals surface area contributed by atoms with Crippen LogP contribution >= 0.6 is 0 Å². The zero-order valence-corrected chi connectivity index (χ0v) is 17.1. The van der Waals surface area contributed by atoms with Gasteiger partial charge >= 0.3 is 0 Å². The van der Waals surface area contributed by atoms with Crippen molar-refractivity contribution in [2.45, 2.75) is 83.8 Å². The van der Waals surface area contributed by atoms with E-state index in [1.54, 1.807) is 0 Å². The molecule has 0 N–H and O–H groups in total. The molecule has 1 amide bonds. The summed E-state index contributed by atoms with van der Waals surface area (Å²) in [5.41, 5.74) is 0.351. The van der Waals surface area contributed by atoms with Gasteiger partial charge in [-0.05, 0) is 37.7 Å². The first-order valence-corrected chi connectivity index (χ1v) is 10.9. The van der Waals surface area contributed by atoms with Crippen molar-refractivity contribution in [2.75, 3.05) is 0 Å². The molecule has 150 valence electrons. The first kappa shape index (κ1) is 19.2. The highest BCUT2D eigenvalue weighted by Crippen LogP contribution is 2.33. The zero-order chi connectivity index (χ0) is 19.7. The molecule has 0 saturated heterocycles. The summed E-state index contributed by atoms with van der Waals surface area (Å²) in [7, 11) is 0. The summed E-state index contributed by atoms with van der Waals surface area (Å²) in [5.74, 6) is 0.308. The van der Waals surface area contributed by atoms with Gasteiger partial charge in [-0.2, -0.15) is 5.10 Å². The molecule has 0 unspecified atom stereocenters. The van der Waals surface area contributed by atoms with E-state index in [0.29, 0.717) is 35.1 Å². The van der Waals surface area contributed by atoms with Crippen LogP contribution in [0, 0.1) is 5.92 Å². The molecule has 5 nitrogen and oxygen atoms in total. The van der Waals surface area contributed by atoms with Crippen molar-refractivity contribution in [1.82, 2.24) is 14.7 Å². The minimum absolute atomic E-state index is 0.0208. The summed E-state index contributed by atoms with van der Waals surface area (Å²) < 4.78 is 1.50. The molecule has 2 fully saturated rings. The van der Waals surface area contributed by atoms with Crippen molar-refractivity contribution >= 4 is 16.7 Å². The number of hydrogen-bond donors (Lipinski definition) is 0. The Hall–Kier alpha value is -2.17. The van der Waals surface area contributed by atoms with Gasteiger partial charge in [0.15, 0.2) is 5.69 Å². The number of carbonyl (C=O) groups excluding carboxylic acids is 1. The van der Waals surface area contributed by atoms with Gasteiger partial charge in [0.2, 0.25) is 0 Å². The van der Waals surface area contributed by atoms with E-state index in [-0.39, 0.29) is 17.4 Å². The fourth-order valence-corrected chi connectivity index (χ4v) is 4.98. The molecule has 4 rings (SSSR count). The highest BCUT2D eigenvalue weighted by Gasteiger charge is 2.36. The van der Waals surface area contributed by atoms with Crippen molar-refractivity contribution in [3.63, 3.8) is 0 Å². The lowest BCUT2D eigenvalue weighted by Gasteiger charge is -2.34. The van der Waals surface area contributed by atoms with Gasteiger partial charge in [0.05, 0.1) is 5.39 Å². The Morgan fingerprint density at radius 2 is 1.57 bits per heavy atom. The maximum absolute atomic E-state index is 13.8. The third-order valence-electron chi connectivity index (χ3n) is 6.28. The number of rotatable bonds is 5. The molecule has 0 bridgehead atoms. The van der Waals surface area contributed by atoms with E-state index < -0.39 is 0 Å². The topological polar surface area (TPSA) is 55.2 Å². The quantitative estimate of drug-likeness (QED) is 0.772. The van der Waals surface area contributed by atoms with E-state index in [1.807, 2.05) is 24.3 Å². The van der Waals surface area contributed by atoms with Gasteiger partial charge in [0, 0.05) is 24.0 Å². The molecular weight excluding hydrogens is 350 g/mol. The van der Waals surface area contributed by atoms with Crippen LogP contribution in [0.15, 0.2) is 29.1 Å². The summed E-state index contributed by atoms with van der Waals surface area (Å²) >= 11 is 0. The minimum atomic E-state index is -0.103. The fraction of sp³-hybridized carbons (Fsp3) is 0.609. The van der Waals surface area contributed by atoms with Crippen LogP contribution in [0.1, 0.15) is 75.7 Å². The van der Waals surface area contributed by atoms with Crippen LogP contribution in [0.5, 0.6) is 0 Å². The van der Waals surface area contributed by atoms with Crippen LogP contribution in [0.2, 0.25) is 0 Å². The van der Waals surface area contributed by atoms with Crippen molar-refractivity contribution in [3.05, 3.63) is 40.3 Å². The van der Waals surface area contributed by atoms with E-state index >= 15 is 0 Å². The molecule has 0 radical (unpaired) electrons. The summed E-state index contributed by atoms with van der Waals surface area (Å²) in [6.45, 7) is 4.65. The zero-order valence-electron chi connectivity index (χ0n) is 17.1. The van der Waals surface area contributed by atoms with Crippen LogP contribution in [-0.4, -0.2) is 32.7 Å². The van der Waals surface area contributed by atoms with E-state index in [9.17, 15) is 9.59 Å². The maximum atomic E-state index is 13.8. The third kappa shape index (κ3) is 3.59. The number of fused-ring (bicyclic) bond motifs is 1. The Labute approximate surface area is 166 Å². The fourth-order valence-electron chi connectivity index (χ4n) is 4.98. The second kappa shape index (κ2) is 8.06.